The smallest absolute Gasteiger partial charge is 0.337 e. The van der Waals surface area contributed by atoms with Crippen LogP contribution in [0.2, 0.25) is 0 Å². The largest absolute Gasteiger partial charge is 0.497 e. The van der Waals surface area contributed by atoms with Crippen LogP contribution in [0.15, 0.2) is 29.6 Å². The Morgan fingerprint density at radius 1 is 1.41 bits per heavy atom. The summed E-state index contributed by atoms with van der Waals surface area (Å²) in [4.78, 5) is 12.1. The Morgan fingerprint density at radius 2 is 2.18 bits per heavy atom. The quantitative estimate of drug-likeness (QED) is 0.905. The fraction of sp³-hybridized carbons (Fsp3) is 0.154. The maximum atomic E-state index is 11.1. The van der Waals surface area contributed by atoms with Gasteiger partial charge in [0.2, 0.25) is 0 Å². The molecule has 1 N–H and O–H groups in total. The second-order valence-electron chi connectivity index (χ2n) is 3.62. The fourth-order valence-corrected chi connectivity index (χ4v) is 2.61. The van der Waals surface area contributed by atoms with Gasteiger partial charge in [0.1, 0.15) is 5.75 Å². The van der Waals surface area contributed by atoms with Crippen molar-refractivity contribution in [1.29, 1.82) is 0 Å². The van der Waals surface area contributed by atoms with Crippen LogP contribution in [0.1, 0.15) is 15.2 Å². The molecule has 0 aliphatic heterocycles. The number of aryl methyl sites for hydroxylation is 1. The average Bonchev–Trinajstić information content (AvgIpc) is 2.71. The molecule has 1 aromatic heterocycles. The Hall–Kier alpha value is -1.81. The molecule has 0 saturated carbocycles. The monoisotopic (exact) mass is 248 g/mol. The molecule has 0 saturated heterocycles. The first kappa shape index (κ1) is 11.7. The summed E-state index contributed by atoms with van der Waals surface area (Å²) in [7, 11) is 1.59. The van der Waals surface area contributed by atoms with Crippen LogP contribution in [0.25, 0.3) is 11.1 Å². The van der Waals surface area contributed by atoms with E-state index < -0.39 is 5.97 Å². The number of thiophene rings is 1. The molecule has 0 amide bonds. The number of carbonyl (C=O) groups is 1. The topological polar surface area (TPSA) is 46.5 Å². The normalized spacial score (nSPS) is 10.2. The molecule has 2 aromatic rings. The first-order valence-corrected chi connectivity index (χ1v) is 5.97. The minimum absolute atomic E-state index is 0.348. The molecule has 1 aromatic carbocycles. The van der Waals surface area contributed by atoms with Crippen LogP contribution >= 0.6 is 11.3 Å². The van der Waals surface area contributed by atoms with Gasteiger partial charge in [-0.3, -0.25) is 0 Å². The van der Waals surface area contributed by atoms with Crippen molar-refractivity contribution in [2.75, 3.05) is 7.11 Å². The van der Waals surface area contributed by atoms with E-state index in [1.165, 1.54) is 11.3 Å². The van der Waals surface area contributed by atoms with Crippen molar-refractivity contribution >= 4 is 17.3 Å². The average molecular weight is 248 g/mol. The number of carboxylic acids is 1. The summed E-state index contributed by atoms with van der Waals surface area (Å²) in [6.45, 7) is 1.92. The van der Waals surface area contributed by atoms with Crippen LogP contribution in [-0.4, -0.2) is 18.2 Å². The molecule has 0 aliphatic carbocycles. The minimum atomic E-state index is -0.896. The number of ether oxygens (including phenoxy) is 1. The van der Waals surface area contributed by atoms with Gasteiger partial charge in [0.05, 0.1) is 12.7 Å². The highest BCUT2D eigenvalue weighted by Gasteiger charge is 2.16. The molecule has 88 valence electrons. The summed E-state index contributed by atoms with van der Waals surface area (Å²) in [6, 6.07) is 7.44. The summed E-state index contributed by atoms with van der Waals surface area (Å²) in [5, 5.41) is 10.8. The summed E-state index contributed by atoms with van der Waals surface area (Å²) < 4.78 is 5.15. The first-order chi connectivity index (χ1) is 8.13. The van der Waals surface area contributed by atoms with Crippen LogP contribution in [0, 0.1) is 6.92 Å². The van der Waals surface area contributed by atoms with Gasteiger partial charge in [-0.1, -0.05) is 12.1 Å². The molecular formula is C13H12O3S. The minimum Gasteiger partial charge on any atom is -0.497 e. The molecule has 0 atom stereocenters. The molecule has 17 heavy (non-hydrogen) atoms. The lowest BCUT2D eigenvalue weighted by Gasteiger charge is -2.05. The number of aromatic carboxylic acids is 1. The van der Waals surface area contributed by atoms with Crippen LogP contribution in [0.5, 0.6) is 5.75 Å². The lowest BCUT2D eigenvalue weighted by molar-refractivity contribution is 0.0698. The number of hydrogen-bond donors (Lipinski definition) is 1. The van der Waals surface area contributed by atoms with Gasteiger partial charge in [-0.15, -0.1) is 11.3 Å². The summed E-state index contributed by atoms with van der Waals surface area (Å²) in [5.74, 6) is -0.170. The van der Waals surface area contributed by atoms with Gasteiger partial charge in [0, 0.05) is 15.8 Å². The Kier molecular flexibility index (Phi) is 3.15. The Bertz CT molecular complexity index is 558. The predicted octanol–water partition coefficient (Wildman–Crippen LogP) is 3.43. The molecule has 2 rings (SSSR count). The number of methoxy groups -OCH3 is 1. The number of carboxylic acid groups (broad SMARTS) is 1. The first-order valence-electron chi connectivity index (χ1n) is 5.09. The van der Waals surface area contributed by atoms with Gasteiger partial charge in [-0.05, 0) is 24.6 Å². The lowest BCUT2D eigenvalue weighted by atomic mass is 10.0. The van der Waals surface area contributed by atoms with Crippen LogP contribution < -0.4 is 4.74 Å². The Balaban J connectivity index is 2.59. The van der Waals surface area contributed by atoms with Gasteiger partial charge in [0.15, 0.2) is 0 Å². The molecule has 0 spiro atoms. The van der Waals surface area contributed by atoms with E-state index in [0.29, 0.717) is 5.56 Å². The number of benzene rings is 1. The van der Waals surface area contributed by atoms with Crippen LogP contribution in [-0.2, 0) is 0 Å². The van der Waals surface area contributed by atoms with Crippen molar-refractivity contribution in [3.8, 4) is 16.9 Å². The fourth-order valence-electron chi connectivity index (χ4n) is 1.75. The van der Waals surface area contributed by atoms with Crippen molar-refractivity contribution in [2.24, 2.45) is 0 Å². The van der Waals surface area contributed by atoms with E-state index in [1.54, 1.807) is 12.5 Å². The Morgan fingerprint density at radius 3 is 2.82 bits per heavy atom. The van der Waals surface area contributed by atoms with Gasteiger partial charge in [-0.25, -0.2) is 4.79 Å². The number of rotatable bonds is 3. The summed E-state index contributed by atoms with van der Waals surface area (Å²) in [6.07, 6.45) is 0. The second kappa shape index (κ2) is 4.59. The Labute approximate surface area is 103 Å². The number of hydrogen-bond acceptors (Lipinski definition) is 3. The van der Waals surface area contributed by atoms with Crippen LogP contribution in [0.3, 0.4) is 0 Å². The SMILES string of the molecule is COc1cccc(-c2c(C(=O)O)csc2C)c1. The third-order valence-corrected chi connectivity index (χ3v) is 3.48. The van der Waals surface area contributed by atoms with E-state index in [4.69, 9.17) is 9.84 Å². The highest BCUT2D eigenvalue weighted by molar-refractivity contribution is 7.10. The van der Waals surface area contributed by atoms with E-state index >= 15 is 0 Å². The van der Waals surface area contributed by atoms with E-state index in [1.807, 2.05) is 31.2 Å². The molecular weight excluding hydrogens is 236 g/mol. The molecule has 3 nitrogen and oxygen atoms in total. The molecule has 0 bridgehead atoms. The van der Waals surface area contributed by atoms with Crippen molar-refractivity contribution < 1.29 is 14.6 Å². The zero-order valence-corrected chi connectivity index (χ0v) is 10.4. The van der Waals surface area contributed by atoms with E-state index in [-0.39, 0.29) is 0 Å². The third kappa shape index (κ3) is 2.17. The van der Waals surface area contributed by atoms with Gasteiger partial charge < -0.3 is 9.84 Å². The molecule has 0 aliphatic rings. The summed E-state index contributed by atoms with van der Waals surface area (Å²) >= 11 is 1.45. The van der Waals surface area contributed by atoms with Crippen molar-refractivity contribution in [2.45, 2.75) is 6.92 Å². The van der Waals surface area contributed by atoms with Crippen molar-refractivity contribution in [3.63, 3.8) is 0 Å². The lowest BCUT2D eigenvalue weighted by Crippen LogP contribution is -1.96. The molecule has 4 heteroatoms. The van der Waals surface area contributed by atoms with Gasteiger partial charge in [0.25, 0.3) is 0 Å². The van der Waals surface area contributed by atoms with E-state index in [2.05, 4.69) is 0 Å². The molecule has 0 fully saturated rings. The van der Waals surface area contributed by atoms with E-state index in [0.717, 1.165) is 21.8 Å². The predicted molar refractivity (Wildman–Crippen MR) is 68.0 cm³/mol. The maximum absolute atomic E-state index is 11.1. The van der Waals surface area contributed by atoms with Gasteiger partial charge in [-0.2, -0.15) is 0 Å². The zero-order chi connectivity index (χ0) is 12.4. The molecule has 1 heterocycles. The van der Waals surface area contributed by atoms with Gasteiger partial charge >= 0.3 is 5.97 Å². The molecule has 0 unspecified atom stereocenters. The summed E-state index contributed by atoms with van der Waals surface area (Å²) in [5.41, 5.74) is 2.00. The highest BCUT2D eigenvalue weighted by atomic mass is 32.1. The van der Waals surface area contributed by atoms with E-state index in [9.17, 15) is 4.79 Å². The van der Waals surface area contributed by atoms with Crippen LogP contribution in [0.4, 0.5) is 0 Å². The van der Waals surface area contributed by atoms with Crippen molar-refractivity contribution in [3.05, 3.63) is 40.1 Å². The molecule has 0 radical (unpaired) electrons. The second-order valence-corrected chi connectivity index (χ2v) is 4.70. The standard InChI is InChI=1S/C13H12O3S/c1-8-12(11(7-17-8)13(14)15)9-4-3-5-10(6-9)16-2/h3-7H,1-2H3,(H,14,15). The third-order valence-electron chi connectivity index (χ3n) is 2.56. The van der Waals surface area contributed by atoms with Crippen molar-refractivity contribution in [1.82, 2.24) is 0 Å². The highest BCUT2D eigenvalue weighted by Crippen LogP contribution is 2.33. The maximum Gasteiger partial charge on any atom is 0.337 e. The zero-order valence-electron chi connectivity index (χ0n) is 9.56.